The number of nitrogens with two attached hydrogens (primary N) is 1. The van der Waals surface area contributed by atoms with Crippen molar-refractivity contribution in [2.24, 2.45) is 0 Å². The lowest BCUT2D eigenvalue weighted by atomic mass is 10.2. The third-order valence-corrected chi connectivity index (χ3v) is 3.89. The first-order chi connectivity index (χ1) is 8.56. The standard InChI is InChI=1S/C13H10ClF2NS/c14-11-6-10(17)2-4-13(11)18-7-8-5-9(15)1-3-12(8)16/h1-6H,7,17H2. The Hall–Kier alpha value is -1.26. The van der Waals surface area contributed by atoms with E-state index in [1.807, 2.05) is 0 Å². The number of rotatable bonds is 3. The molecule has 0 bridgehead atoms. The Morgan fingerprint density at radius 2 is 1.89 bits per heavy atom. The second-order valence-corrected chi connectivity index (χ2v) is 5.14. The first-order valence-corrected chi connectivity index (χ1v) is 6.54. The summed E-state index contributed by atoms with van der Waals surface area (Å²) in [7, 11) is 0. The summed E-state index contributed by atoms with van der Waals surface area (Å²) >= 11 is 7.34. The van der Waals surface area contributed by atoms with Gasteiger partial charge in [0.05, 0.1) is 5.02 Å². The van der Waals surface area contributed by atoms with Crippen LogP contribution in [0, 0.1) is 11.6 Å². The number of hydrogen-bond acceptors (Lipinski definition) is 2. The van der Waals surface area contributed by atoms with E-state index in [-0.39, 0.29) is 0 Å². The van der Waals surface area contributed by atoms with Crippen LogP contribution in [0.15, 0.2) is 41.3 Å². The number of hydrogen-bond donors (Lipinski definition) is 1. The fourth-order valence-corrected chi connectivity index (χ4v) is 2.69. The smallest absolute Gasteiger partial charge is 0.127 e. The molecule has 0 unspecified atom stereocenters. The van der Waals surface area contributed by atoms with Gasteiger partial charge >= 0.3 is 0 Å². The van der Waals surface area contributed by atoms with Crippen molar-refractivity contribution in [1.82, 2.24) is 0 Å². The van der Waals surface area contributed by atoms with E-state index in [4.69, 9.17) is 17.3 Å². The Bertz CT molecular complexity index is 575. The first-order valence-electron chi connectivity index (χ1n) is 5.18. The lowest BCUT2D eigenvalue weighted by molar-refractivity contribution is 0.591. The molecule has 0 atom stereocenters. The molecule has 0 amide bonds. The lowest BCUT2D eigenvalue weighted by Gasteiger charge is -2.06. The zero-order valence-electron chi connectivity index (χ0n) is 9.29. The summed E-state index contributed by atoms with van der Waals surface area (Å²) in [6, 6.07) is 8.52. The molecule has 0 radical (unpaired) electrons. The Morgan fingerprint density at radius 3 is 2.61 bits per heavy atom. The quantitative estimate of drug-likeness (QED) is 0.664. The van der Waals surface area contributed by atoms with Crippen LogP contribution in [0.2, 0.25) is 5.02 Å². The van der Waals surface area contributed by atoms with Gasteiger partial charge in [0.15, 0.2) is 0 Å². The minimum absolute atomic E-state index is 0.313. The number of nitrogen functional groups attached to an aromatic ring is 1. The van der Waals surface area contributed by atoms with Gasteiger partial charge in [0.2, 0.25) is 0 Å². The van der Waals surface area contributed by atoms with Crippen LogP contribution < -0.4 is 5.73 Å². The van der Waals surface area contributed by atoms with Crippen LogP contribution in [0.4, 0.5) is 14.5 Å². The molecular formula is C13H10ClF2NS. The van der Waals surface area contributed by atoms with E-state index in [2.05, 4.69) is 0 Å². The summed E-state index contributed by atoms with van der Waals surface area (Å²) in [5.41, 5.74) is 6.46. The van der Waals surface area contributed by atoms with Crippen molar-refractivity contribution in [3.8, 4) is 0 Å². The largest absolute Gasteiger partial charge is 0.399 e. The highest BCUT2D eigenvalue weighted by Crippen LogP contribution is 2.31. The van der Waals surface area contributed by atoms with Crippen LogP contribution in [0.1, 0.15) is 5.56 Å². The molecule has 18 heavy (non-hydrogen) atoms. The Morgan fingerprint density at radius 1 is 1.11 bits per heavy atom. The third-order valence-electron chi connectivity index (χ3n) is 2.35. The van der Waals surface area contributed by atoms with Crippen LogP contribution in [0.3, 0.4) is 0 Å². The molecule has 5 heteroatoms. The highest BCUT2D eigenvalue weighted by molar-refractivity contribution is 7.98. The van der Waals surface area contributed by atoms with Gasteiger partial charge in [0.25, 0.3) is 0 Å². The van der Waals surface area contributed by atoms with Gasteiger partial charge in [-0.15, -0.1) is 11.8 Å². The maximum absolute atomic E-state index is 13.4. The van der Waals surface area contributed by atoms with Crippen molar-refractivity contribution in [3.05, 3.63) is 58.6 Å². The second-order valence-electron chi connectivity index (χ2n) is 3.71. The molecule has 2 aromatic carbocycles. The van der Waals surface area contributed by atoms with Crippen molar-refractivity contribution in [2.75, 3.05) is 5.73 Å². The predicted octanol–water partition coefficient (Wildman–Crippen LogP) is 4.49. The zero-order valence-corrected chi connectivity index (χ0v) is 10.9. The van der Waals surface area contributed by atoms with Crippen molar-refractivity contribution < 1.29 is 8.78 Å². The van der Waals surface area contributed by atoms with Crippen LogP contribution in [-0.2, 0) is 5.75 Å². The molecule has 0 aliphatic carbocycles. The fraction of sp³-hybridized carbons (Fsp3) is 0.0769. The molecule has 0 aliphatic heterocycles. The summed E-state index contributed by atoms with van der Waals surface area (Å²) in [5, 5.41) is 0.511. The highest BCUT2D eigenvalue weighted by Gasteiger charge is 2.07. The average molecular weight is 286 g/mol. The van der Waals surface area contributed by atoms with Gasteiger partial charge < -0.3 is 5.73 Å². The van der Waals surface area contributed by atoms with E-state index >= 15 is 0 Å². The summed E-state index contributed by atoms with van der Waals surface area (Å²) in [5.74, 6) is -0.557. The van der Waals surface area contributed by atoms with E-state index in [9.17, 15) is 8.78 Å². The van der Waals surface area contributed by atoms with Crippen LogP contribution >= 0.6 is 23.4 Å². The molecule has 0 fully saturated rings. The molecule has 0 aromatic heterocycles. The van der Waals surface area contributed by atoms with Crippen LogP contribution in [0.25, 0.3) is 0 Å². The monoisotopic (exact) mass is 285 g/mol. The second kappa shape index (κ2) is 5.59. The van der Waals surface area contributed by atoms with E-state index in [1.165, 1.54) is 17.8 Å². The van der Waals surface area contributed by atoms with Crippen LogP contribution in [0.5, 0.6) is 0 Å². The molecule has 2 rings (SSSR count). The highest BCUT2D eigenvalue weighted by atomic mass is 35.5. The van der Waals surface area contributed by atoms with E-state index in [0.717, 1.165) is 17.0 Å². The number of benzene rings is 2. The fourth-order valence-electron chi connectivity index (χ4n) is 1.44. The molecule has 0 saturated heterocycles. The Balaban J connectivity index is 2.13. The van der Waals surface area contributed by atoms with Gasteiger partial charge in [-0.3, -0.25) is 0 Å². The molecule has 0 spiro atoms. The summed E-state index contributed by atoms with van der Waals surface area (Å²) in [6.45, 7) is 0. The number of thioether (sulfide) groups is 1. The molecule has 0 saturated carbocycles. The van der Waals surface area contributed by atoms with Gasteiger partial charge in [-0.2, -0.15) is 0 Å². The van der Waals surface area contributed by atoms with Gasteiger partial charge in [-0.1, -0.05) is 11.6 Å². The van der Waals surface area contributed by atoms with E-state index in [1.54, 1.807) is 18.2 Å². The number of halogens is 3. The van der Waals surface area contributed by atoms with Gasteiger partial charge in [0, 0.05) is 21.9 Å². The minimum atomic E-state index is -0.449. The minimum Gasteiger partial charge on any atom is -0.399 e. The van der Waals surface area contributed by atoms with E-state index in [0.29, 0.717) is 22.0 Å². The molecule has 94 valence electrons. The van der Waals surface area contributed by atoms with Crippen molar-refractivity contribution in [2.45, 2.75) is 10.6 Å². The van der Waals surface area contributed by atoms with Crippen molar-refractivity contribution in [3.63, 3.8) is 0 Å². The Kier molecular flexibility index (Phi) is 4.09. The van der Waals surface area contributed by atoms with Gasteiger partial charge in [0.1, 0.15) is 11.6 Å². The molecule has 2 N–H and O–H groups in total. The molecular weight excluding hydrogens is 276 g/mol. The molecule has 2 aromatic rings. The third kappa shape index (κ3) is 3.15. The van der Waals surface area contributed by atoms with Crippen LogP contribution in [-0.4, -0.2) is 0 Å². The predicted molar refractivity (Wildman–Crippen MR) is 71.8 cm³/mol. The van der Waals surface area contributed by atoms with Gasteiger partial charge in [-0.05, 0) is 36.4 Å². The van der Waals surface area contributed by atoms with Crippen molar-refractivity contribution in [1.29, 1.82) is 0 Å². The molecule has 1 nitrogen and oxygen atoms in total. The first kappa shape index (κ1) is 13.2. The Labute approximate surface area is 113 Å². The maximum atomic E-state index is 13.4. The zero-order chi connectivity index (χ0) is 13.1. The van der Waals surface area contributed by atoms with Crippen molar-refractivity contribution >= 4 is 29.1 Å². The SMILES string of the molecule is Nc1ccc(SCc2cc(F)ccc2F)c(Cl)c1. The summed E-state index contributed by atoms with van der Waals surface area (Å²) in [4.78, 5) is 0.787. The lowest BCUT2D eigenvalue weighted by Crippen LogP contribution is -1.90. The summed E-state index contributed by atoms with van der Waals surface area (Å²) in [6.07, 6.45) is 0. The number of anilines is 1. The van der Waals surface area contributed by atoms with E-state index < -0.39 is 11.6 Å². The molecule has 0 aliphatic rings. The topological polar surface area (TPSA) is 26.0 Å². The normalized spacial score (nSPS) is 10.6. The van der Waals surface area contributed by atoms with Gasteiger partial charge in [-0.25, -0.2) is 8.78 Å². The maximum Gasteiger partial charge on any atom is 0.127 e. The summed E-state index contributed by atoms with van der Waals surface area (Å²) < 4.78 is 26.4. The average Bonchev–Trinajstić information content (AvgIpc) is 2.32. The molecule has 0 heterocycles.